The molecular formula is C14H12N4S. The molecular weight excluding hydrogens is 256 g/mol. The molecule has 4 rings (SSSR count). The number of aromatic nitrogens is 3. The van der Waals surface area contributed by atoms with Crippen LogP contribution in [0.4, 0.5) is 5.82 Å². The van der Waals surface area contributed by atoms with Gasteiger partial charge in [-0.3, -0.25) is 5.10 Å². The van der Waals surface area contributed by atoms with Crippen LogP contribution in [0.3, 0.4) is 0 Å². The summed E-state index contributed by atoms with van der Waals surface area (Å²) in [7, 11) is 0. The molecule has 0 bridgehead atoms. The van der Waals surface area contributed by atoms with E-state index in [1.54, 1.807) is 17.5 Å². The molecule has 0 atom stereocenters. The van der Waals surface area contributed by atoms with Gasteiger partial charge in [0.15, 0.2) is 0 Å². The molecule has 0 radical (unpaired) electrons. The summed E-state index contributed by atoms with van der Waals surface area (Å²) in [6.07, 6.45) is 3.89. The van der Waals surface area contributed by atoms with Gasteiger partial charge in [0, 0.05) is 10.4 Å². The first-order chi connectivity index (χ1) is 9.33. The highest BCUT2D eigenvalue weighted by molar-refractivity contribution is 7.15. The topological polar surface area (TPSA) is 67.6 Å². The van der Waals surface area contributed by atoms with E-state index in [4.69, 9.17) is 10.7 Å². The van der Waals surface area contributed by atoms with Gasteiger partial charge in [-0.1, -0.05) is 24.3 Å². The Morgan fingerprint density at radius 1 is 1.16 bits per heavy atom. The SMILES string of the molecule is Nc1[nH]ncc1-c1nc2c(s1)CCc1ccccc1-2. The van der Waals surface area contributed by atoms with Crippen LogP contribution in [0.5, 0.6) is 0 Å². The summed E-state index contributed by atoms with van der Waals surface area (Å²) >= 11 is 1.72. The summed E-state index contributed by atoms with van der Waals surface area (Å²) in [5.41, 5.74) is 10.5. The van der Waals surface area contributed by atoms with Crippen LogP contribution in [0.2, 0.25) is 0 Å². The second kappa shape index (κ2) is 3.93. The van der Waals surface area contributed by atoms with Crippen LogP contribution in [0.15, 0.2) is 30.5 Å². The number of aromatic amines is 1. The van der Waals surface area contributed by atoms with E-state index in [1.165, 1.54) is 16.0 Å². The minimum absolute atomic E-state index is 0.583. The fourth-order valence-electron chi connectivity index (χ4n) is 2.53. The number of H-pyrrole nitrogens is 1. The van der Waals surface area contributed by atoms with Crippen LogP contribution in [0.25, 0.3) is 21.8 Å². The van der Waals surface area contributed by atoms with E-state index in [0.29, 0.717) is 5.82 Å². The Balaban J connectivity index is 1.90. The Hall–Kier alpha value is -2.14. The monoisotopic (exact) mass is 268 g/mol. The summed E-state index contributed by atoms with van der Waals surface area (Å²) < 4.78 is 0. The fraction of sp³-hybridized carbons (Fsp3) is 0.143. The number of nitrogen functional groups attached to an aromatic ring is 1. The smallest absolute Gasteiger partial charge is 0.129 e. The molecule has 1 aliphatic carbocycles. The van der Waals surface area contributed by atoms with E-state index in [1.807, 2.05) is 0 Å². The zero-order valence-electron chi connectivity index (χ0n) is 10.2. The van der Waals surface area contributed by atoms with E-state index in [-0.39, 0.29) is 0 Å². The van der Waals surface area contributed by atoms with E-state index in [2.05, 4.69) is 34.5 Å². The van der Waals surface area contributed by atoms with Crippen molar-refractivity contribution in [1.82, 2.24) is 15.2 Å². The van der Waals surface area contributed by atoms with E-state index in [9.17, 15) is 0 Å². The fourth-order valence-corrected chi connectivity index (χ4v) is 3.63. The van der Waals surface area contributed by atoms with Gasteiger partial charge in [-0.2, -0.15) is 5.10 Å². The van der Waals surface area contributed by atoms with E-state index >= 15 is 0 Å². The van der Waals surface area contributed by atoms with Crippen LogP contribution < -0.4 is 5.73 Å². The lowest BCUT2D eigenvalue weighted by molar-refractivity contribution is 0.955. The first kappa shape index (κ1) is 10.8. The molecule has 2 heterocycles. The number of thiazole rings is 1. The van der Waals surface area contributed by atoms with Crippen LogP contribution >= 0.6 is 11.3 Å². The van der Waals surface area contributed by atoms with Gasteiger partial charge in [-0.15, -0.1) is 11.3 Å². The van der Waals surface area contributed by atoms with Gasteiger partial charge in [0.1, 0.15) is 10.8 Å². The lowest BCUT2D eigenvalue weighted by atomic mass is 9.94. The van der Waals surface area contributed by atoms with Gasteiger partial charge in [-0.25, -0.2) is 4.98 Å². The van der Waals surface area contributed by atoms with Crippen molar-refractivity contribution < 1.29 is 0 Å². The molecule has 0 saturated carbocycles. The molecule has 3 N–H and O–H groups in total. The number of aryl methyl sites for hydroxylation is 2. The molecule has 4 nitrogen and oxygen atoms in total. The van der Waals surface area contributed by atoms with Gasteiger partial charge in [0.05, 0.1) is 17.5 Å². The number of benzene rings is 1. The van der Waals surface area contributed by atoms with Crippen molar-refractivity contribution in [1.29, 1.82) is 0 Å². The number of anilines is 1. The standard InChI is InChI=1S/C14H12N4S/c15-13-10(7-16-18-13)14-17-12-9-4-2-1-3-8(9)5-6-11(12)19-14/h1-4,7H,5-6H2,(H3,15,16,18). The Bertz CT molecular complexity index is 756. The van der Waals surface area contributed by atoms with Gasteiger partial charge in [0.25, 0.3) is 0 Å². The molecule has 0 amide bonds. The van der Waals surface area contributed by atoms with Crippen LogP contribution in [0.1, 0.15) is 10.4 Å². The van der Waals surface area contributed by atoms with Gasteiger partial charge >= 0.3 is 0 Å². The first-order valence-corrected chi connectivity index (χ1v) is 7.02. The van der Waals surface area contributed by atoms with Crippen molar-refractivity contribution in [2.75, 3.05) is 5.73 Å². The number of fused-ring (bicyclic) bond motifs is 3. The van der Waals surface area contributed by atoms with E-state index in [0.717, 1.165) is 29.1 Å². The number of rotatable bonds is 1. The highest BCUT2D eigenvalue weighted by Gasteiger charge is 2.21. The lowest BCUT2D eigenvalue weighted by Gasteiger charge is -2.13. The summed E-state index contributed by atoms with van der Waals surface area (Å²) in [5, 5.41) is 7.68. The number of hydrogen-bond acceptors (Lipinski definition) is 4. The second-order valence-electron chi connectivity index (χ2n) is 4.65. The summed E-state index contributed by atoms with van der Waals surface area (Å²) in [6, 6.07) is 8.49. The van der Waals surface area contributed by atoms with Crippen LogP contribution in [-0.2, 0) is 12.8 Å². The number of hydrogen-bond donors (Lipinski definition) is 2. The van der Waals surface area contributed by atoms with Gasteiger partial charge in [-0.05, 0) is 18.4 Å². The maximum absolute atomic E-state index is 5.87. The molecule has 19 heavy (non-hydrogen) atoms. The molecule has 0 aliphatic heterocycles. The van der Waals surface area contributed by atoms with Crippen LogP contribution in [0, 0.1) is 0 Å². The summed E-state index contributed by atoms with van der Waals surface area (Å²) in [5.74, 6) is 0.583. The zero-order chi connectivity index (χ0) is 12.8. The molecule has 1 aliphatic rings. The van der Waals surface area contributed by atoms with Crippen molar-refractivity contribution >= 4 is 17.2 Å². The quantitative estimate of drug-likeness (QED) is 0.713. The minimum Gasteiger partial charge on any atom is -0.383 e. The molecule has 0 spiro atoms. The highest BCUT2D eigenvalue weighted by Crippen LogP contribution is 2.40. The molecule has 0 saturated heterocycles. The Morgan fingerprint density at radius 3 is 2.89 bits per heavy atom. The third-order valence-electron chi connectivity index (χ3n) is 3.49. The average molecular weight is 268 g/mol. The lowest BCUT2D eigenvalue weighted by Crippen LogP contribution is -2.01. The Kier molecular flexibility index (Phi) is 2.22. The molecule has 5 heteroatoms. The summed E-state index contributed by atoms with van der Waals surface area (Å²) in [4.78, 5) is 6.12. The highest BCUT2D eigenvalue weighted by atomic mass is 32.1. The number of nitrogens with zero attached hydrogens (tertiary/aromatic N) is 2. The Labute approximate surface area is 114 Å². The second-order valence-corrected chi connectivity index (χ2v) is 5.73. The van der Waals surface area contributed by atoms with Gasteiger partial charge in [0.2, 0.25) is 0 Å². The minimum atomic E-state index is 0.583. The average Bonchev–Trinajstić information content (AvgIpc) is 3.04. The molecule has 0 unspecified atom stereocenters. The molecule has 3 aromatic rings. The van der Waals surface area contributed by atoms with Crippen molar-refractivity contribution in [3.8, 4) is 21.8 Å². The molecule has 94 valence electrons. The van der Waals surface area contributed by atoms with Crippen molar-refractivity contribution in [3.05, 3.63) is 40.9 Å². The maximum atomic E-state index is 5.87. The zero-order valence-corrected chi connectivity index (χ0v) is 11.0. The first-order valence-electron chi connectivity index (χ1n) is 6.20. The van der Waals surface area contributed by atoms with Crippen molar-refractivity contribution in [2.24, 2.45) is 0 Å². The predicted molar refractivity (Wildman–Crippen MR) is 77.0 cm³/mol. The molecule has 1 aromatic carbocycles. The Morgan fingerprint density at radius 2 is 2.05 bits per heavy atom. The molecule has 2 aromatic heterocycles. The van der Waals surface area contributed by atoms with E-state index < -0.39 is 0 Å². The van der Waals surface area contributed by atoms with Crippen molar-refractivity contribution in [2.45, 2.75) is 12.8 Å². The molecule has 0 fully saturated rings. The van der Waals surface area contributed by atoms with Crippen LogP contribution in [-0.4, -0.2) is 15.2 Å². The third kappa shape index (κ3) is 1.58. The normalized spacial score (nSPS) is 13.1. The number of nitrogens with two attached hydrogens (primary N) is 1. The third-order valence-corrected chi connectivity index (χ3v) is 4.64. The number of nitrogens with one attached hydrogen (secondary N) is 1. The summed E-state index contributed by atoms with van der Waals surface area (Å²) in [6.45, 7) is 0. The maximum Gasteiger partial charge on any atom is 0.129 e. The van der Waals surface area contributed by atoms with Crippen molar-refractivity contribution in [3.63, 3.8) is 0 Å². The predicted octanol–water partition coefficient (Wildman–Crippen LogP) is 2.88. The van der Waals surface area contributed by atoms with Gasteiger partial charge < -0.3 is 5.73 Å². The largest absolute Gasteiger partial charge is 0.383 e.